The van der Waals surface area contributed by atoms with Gasteiger partial charge in [-0.05, 0) is 87.3 Å². The molecule has 0 spiro atoms. The summed E-state index contributed by atoms with van der Waals surface area (Å²) in [5, 5.41) is 3.33. The molecular formula is C27H27BrN2O5. The first-order valence-corrected chi connectivity index (χ1v) is 12.8. The van der Waals surface area contributed by atoms with Gasteiger partial charge in [0.1, 0.15) is 11.1 Å². The second-order valence-electron chi connectivity index (χ2n) is 9.26. The first-order valence-electron chi connectivity index (χ1n) is 12.0. The standard InChI is InChI=1S/C27H27BrN2O5/c28-20-8-11-24-19(14-20)15-22(27(33)35-24)25(31)29-21-9-6-17(7-10-21)26(32)34-16-18-4-3-13-30-12-2-1-5-23(18)30/h6-11,14-15,18,23H,1-5,12-13,16H2,(H,29,31)/t18-,23+/m0/s1. The Morgan fingerprint density at radius 3 is 2.66 bits per heavy atom. The summed E-state index contributed by atoms with van der Waals surface area (Å²) >= 11 is 3.37. The Labute approximate surface area is 211 Å². The minimum Gasteiger partial charge on any atom is -0.462 e. The maximum absolute atomic E-state index is 12.7. The average molecular weight is 539 g/mol. The van der Waals surface area contributed by atoms with Gasteiger partial charge in [-0.25, -0.2) is 9.59 Å². The highest BCUT2D eigenvalue weighted by Crippen LogP contribution is 2.31. The molecule has 0 aliphatic carbocycles. The molecule has 1 amide bonds. The van der Waals surface area contributed by atoms with E-state index in [1.54, 1.807) is 42.5 Å². The molecule has 1 N–H and O–H groups in total. The maximum Gasteiger partial charge on any atom is 0.349 e. The molecule has 2 aromatic carbocycles. The number of piperidine rings is 2. The molecule has 3 aromatic rings. The molecule has 8 heteroatoms. The number of nitrogens with zero attached hydrogens (tertiary/aromatic N) is 1. The summed E-state index contributed by atoms with van der Waals surface area (Å²) < 4.78 is 11.7. The minimum absolute atomic E-state index is 0.0941. The Bertz CT molecular complexity index is 1300. The third-order valence-electron chi connectivity index (χ3n) is 6.97. The Morgan fingerprint density at radius 2 is 1.83 bits per heavy atom. The summed E-state index contributed by atoms with van der Waals surface area (Å²) in [5.74, 6) is -0.553. The van der Waals surface area contributed by atoms with E-state index in [4.69, 9.17) is 9.15 Å². The van der Waals surface area contributed by atoms with E-state index >= 15 is 0 Å². The van der Waals surface area contributed by atoms with Crippen LogP contribution in [0.15, 0.2) is 62.2 Å². The maximum atomic E-state index is 12.7. The predicted octanol–water partition coefficient (Wildman–Crippen LogP) is 5.23. The van der Waals surface area contributed by atoms with Gasteiger partial charge in [0, 0.05) is 27.5 Å². The summed E-state index contributed by atoms with van der Waals surface area (Å²) in [6.07, 6.45) is 5.94. The molecule has 5 rings (SSSR count). The fraction of sp³-hybridized carbons (Fsp3) is 0.370. The molecule has 182 valence electrons. The van der Waals surface area contributed by atoms with E-state index in [0.29, 0.717) is 40.8 Å². The first kappa shape index (κ1) is 23.8. The molecule has 0 bridgehead atoms. The van der Waals surface area contributed by atoms with Crippen molar-refractivity contribution in [3.63, 3.8) is 0 Å². The number of halogens is 1. The van der Waals surface area contributed by atoms with Gasteiger partial charge in [-0.3, -0.25) is 9.69 Å². The van der Waals surface area contributed by atoms with Gasteiger partial charge in [0.15, 0.2) is 0 Å². The van der Waals surface area contributed by atoms with Gasteiger partial charge < -0.3 is 14.5 Å². The Balaban J connectivity index is 1.21. The number of nitrogens with one attached hydrogen (secondary N) is 1. The topological polar surface area (TPSA) is 88.8 Å². The third-order valence-corrected chi connectivity index (χ3v) is 7.47. The van der Waals surface area contributed by atoms with Crippen molar-refractivity contribution < 1.29 is 18.7 Å². The van der Waals surface area contributed by atoms with Gasteiger partial charge in [-0.2, -0.15) is 0 Å². The van der Waals surface area contributed by atoms with Gasteiger partial charge in [-0.15, -0.1) is 0 Å². The van der Waals surface area contributed by atoms with Gasteiger partial charge in [0.25, 0.3) is 5.91 Å². The van der Waals surface area contributed by atoms with Crippen molar-refractivity contribution in [1.82, 2.24) is 4.90 Å². The Morgan fingerprint density at radius 1 is 1.03 bits per heavy atom. The van der Waals surface area contributed by atoms with Crippen LogP contribution in [0.1, 0.15) is 52.8 Å². The van der Waals surface area contributed by atoms with Gasteiger partial charge in [-0.1, -0.05) is 22.4 Å². The fourth-order valence-corrected chi connectivity index (χ4v) is 5.56. The summed E-state index contributed by atoms with van der Waals surface area (Å²) in [7, 11) is 0. The number of hydrogen-bond acceptors (Lipinski definition) is 6. The normalized spacial score (nSPS) is 20.3. The van der Waals surface area contributed by atoms with Crippen molar-refractivity contribution in [1.29, 1.82) is 0 Å². The van der Waals surface area contributed by atoms with E-state index in [-0.39, 0.29) is 11.5 Å². The molecule has 2 aliphatic rings. The lowest BCUT2D eigenvalue weighted by Gasteiger charge is -2.44. The van der Waals surface area contributed by atoms with Crippen molar-refractivity contribution >= 4 is 44.5 Å². The molecule has 2 aliphatic heterocycles. The lowest BCUT2D eigenvalue weighted by atomic mass is 9.84. The average Bonchev–Trinajstić information content (AvgIpc) is 2.87. The van der Waals surface area contributed by atoms with Crippen LogP contribution in [0.3, 0.4) is 0 Å². The zero-order chi connectivity index (χ0) is 24.4. The number of esters is 1. The van der Waals surface area contributed by atoms with Gasteiger partial charge in [0.2, 0.25) is 0 Å². The highest BCUT2D eigenvalue weighted by molar-refractivity contribution is 9.10. The number of fused-ring (bicyclic) bond motifs is 2. The third kappa shape index (κ3) is 5.33. The molecule has 1 aromatic heterocycles. The molecule has 35 heavy (non-hydrogen) atoms. The molecule has 2 fully saturated rings. The summed E-state index contributed by atoms with van der Waals surface area (Å²) in [5.41, 5.74) is 0.488. The Hall–Kier alpha value is -2.97. The van der Waals surface area contributed by atoms with Crippen molar-refractivity contribution in [2.24, 2.45) is 5.92 Å². The van der Waals surface area contributed by atoms with E-state index in [2.05, 4.69) is 26.1 Å². The van der Waals surface area contributed by atoms with Crippen LogP contribution < -0.4 is 10.9 Å². The van der Waals surface area contributed by atoms with Crippen LogP contribution in [-0.2, 0) is 4.74 Å². The number of benzene rings is 2. The van der Waals surface area contributed by atoms with Gasteiger partial charge in [0.05, 0.1) is 12.2 Å². The van der Waals surface area contributed by atoms with Crippen molar-refractivity contribution in [3.8, 4) is 0 Å². The Kier molecular flexibility index (Phi) is 7.02. The highest BCUT2D eigenvalue weighted by atomic mass is 79.9. The number of hydrogen-bond donors (Lipinski definition) is 1. The summed E-state index contributed by atoms with van der Waals surface area (Å²) in [6.45, 7) is 2.74. The zero-order valence-corrected chi connectivity index (χ0v) is 20.9. The number of carbonyl (C=O) groups is 2. The van der Waals surface area contributed by atoms with Crippen LogP contribution in [0.4, 0.5) is 5.69 Å². The molecule has 2 saturated heterocycles. The number of ether oxygens (including phenoxy) is 1. The quantitative estimate of drug-likeness (QED) is 0.353. The SMILES string of the molecule is O=C(OC[C@@H]1CCCN2CCCC[C@H]12)c1ccc(NC(=O)c2cc3cc(Br)ccc3oc2=O)cc1. The first-order chi connectivity index (χ1) is 17.0. The van der Waals surface area contributed by atoms with Crippen molar-refractivity contribution in [2.75, 3.05) is 25.0 Å². The number of rotatable bonds is 5. The van der Waals surface area contributed by atoms with E-state index in [9.17, 15) is 14.4 Å². The lowest BCUT2D eigenvalue weighted by Crippen LogP contribution is -2.49. The molecule has 0 radical (unpaired) electrons. The van der Waals surface area contributed by atoms with Crippen LogP contribution in [0.25, 0.3) is 11.0 Å². The highest BCUT2D eigenvalue weighted by Gasteiger charge is 2.33. The number of anilines is 1. The van der Waals surface area contributed by atoms with E-state index in [0.717, 1.165) is 30.4 Å². The molecule has 7 nitrogen and oxygen atoms in total. The van der Waals surface area contributed by atoms with Crippen LogP contribution >= 0.6 is 15.9 Å². The lowest BCUT2D eigenvalue weighted by molar-refractivity contribution is 0.00739. The zero-order valence-electron chi connectivity index (χ0n) is 19.3. The fourth-order valence-electron chi connectivity index (χ4n) is 5.18. The van der Waals surface area contributed by atoms with Crippen LogP contribution in [-0.4, -0.2) is 42.5 Å². The largest absolute Gasteiger partial charge is 0.462 e. The van der Waals surface area contributed by atoms with Crippen LogP contribution in [0.2, 0.25) is 0 Å². The molecule has 0 unspecified atom stereocenters. The minimum atomic E-state index is -0.711. The van der Waals surface area contributed by atoms with E-state index < -0.39 is 11.5 Å². The molecular weight excluding hydrogens is 512 g/mol. The summed E-state index contributed by atoms with van der Waals surface area (Å²) in [4.78, 5) is 40.1. The molecule has 0 saturated carbocycles. The number of amides is 1. The second-order valence-corrected chi connectivity index (χ2v) is 10.2. The van der Waals surface area contributed by atoms with Crippen LogP contribution in [0, 0.1) is 5.92 Å². The number of carbonyl (C=O) groups excluding carboxylic acids is 2. The predicted molar refractivity (Wildman–Crippen MR) is 137 cm³/mol. The summed E-state index contributed by atoms with van der Waals surface area (Å²) in [6, 6.07) is 13.7. The molecule has 3 heterocycles. The van der Waals surface area contributed by atoms with Crippen molar-refractivity contribution in [3.05, 3.63) is 74.6 Å². The monoisotopic (exact) mass is 538 g/mol. The van der Waals surface area contributed by atoms with E-state index in [1.807, 2.05) is 0 Å². The van der Waals surface area contributed by atoms with Crippen LogP contribution in [0.5, 0.6) is 0 Å². The molecule has 2 atom stereocenters. The smallest absolute Gasteiger partial charge is 0.349 e. The second kappa shape index (κ2) is 10.3. The van der Waals surface area contributed by atoms with Crippen molar-refractivity contribution in [2.45, 2.75) is 38.1 Å². The van der Waals surface area contributed by atoms with Gasteiger partial charge >= 0.3 is 11.6 Å². The van der Waals surface area contributed by atoms with E-state index in [1.165, 1.54) is 25.3 Å².